The first-order chi connectivity index (χ1) is 15.4. The number of nitrogens with one attached hydrogen (secondary N) is 2. The van der Waals surface area contributed by atoms with Crippen LogP contribution in [0, 0.1) is 6.92 Å². The maximum absolute atomic E-state index is 12.1. The molecule has 2 aromatic carbocycles. The van der Waals surface area contributed by atoms with Crippen molar-refractivity contribution in [3.8, 4) is 5.75 Å². The first-order valence-electron chi connectivity index (χ1n) is 11.1. The van der Waals surface area contributed by atoms with Crippen LogP contribution < -0.4 is 15.4 Å². The molecule has 1 heterocycles. The van der Waals surface area contributed by atoms with Gasteiger partial charge in [0.05, 0.1) is 32.3 Å². The summed E-state index contributed by atoms with van der Waals surface area (Å²) in [5.74, 6) is 1.39. The summed E-state index contributed by atoms with van der Waals surface area (Å²) in [6.07, 6.45) is 0.970. The lowest BCUT2D eigenvalue weighted by Gasteiger charge is -2.20. The zero-order valence-corrected chi connectivity index (χ0v) is 19.4. The van der Waals surface area contributed by atoms with E-state index in [9.17, 15) is 4.79 Å². The molecule has 2 atom stereocenters. The fourth-order valence-electron chi connectivity index (χ4n) is 3.35. The first-order valence-corrected chi connectivity index (χ1v) is 11.1. The smallest absolute Gasteiger partial charge is 0.241 e. The Bertz CT molecular complexity index is 909. The normalized spacial score (nSPS) is 17.0. The lowest BCUT2D eigenvalue weighted by molar-refractivity contribution is -0.127. The molecule has 172 valence electrons. The van der Waals surface area contributed by atoms with Crippen LogP contribution in [0.5, 0.6) is 5.75 Å². The molecule has 2 N–H and O–H groups in total. The monoisotopic (exact) mass is 438 g/mol. The largest absolute Gasteiger partial charge is 0.488 e. The van der Waals surface area contributed by atoms with Crippen molar-refractivity contribution in [1.82, 2.24) is 15.5 Å². The highest BCUT2D eigenvalue weighted by molar-refractivity contribution is 5.86. The summed E-state index contributed by atoms with van der Waals surface area (Å²) < 4.78 is 11.7. The van der Waals surface area contributed by atoms with Gasteiger partial charge in [-0.2, -0.15) is 0 Å². The van der Waals surface area contributed by atoms with Gasteiger partial charge in [-0.25, -0.2) is 4.99 Å². The molecule has 32 heavy (non-hydrogen) atoms. The Morgan fingerprint density at radius 1 is 1.25 bits per heavy atom. The summed E-state index contributed by atoms with van der Waals surface area (Å²) >= 11 is 0. The fourth-order valence-corrected chi connectivity index (χ4v) is 3.35. The average molecular weight is 439 g/mol. The average Bonchev–Trinajstić information content (AvgIpc) is 3.30. The van der Waals surface area contributed by atoms with Gasteiger partial charge in [0, 0.05) is 26.1 Å². The van der Waals surface area contributed by atoms with Crippen molar-refractivity contribution < 1.29 is 14.3 Å². The van der Waals surface area contributed by atoms with Crippen LogP contribution >= 0.6 is 0 Å². The van der Waals surface area contributed by atoms with E-state index in [2.05, 4.69) is 35.8 Å². The number of guanidine groups is 1. The van der Waals surface area contributed by atoms with Crippen molar-refractivity contribution in [3.05, 3.63) is 65.2 Å². The molecule has 3 rings (SSSR count). The Balaban J connectivity index is 1.76. The fraction of sp³-hybridized carbons (Fsp3) is 0.440. The number of aryl methyl sites for hydroxylation is 1. The van der Waals surface area contributed by atoms with E-state index in [1.165, 1.54) is 0 Å². The molecule has 0 bridgehead atoms. The SMILES string of the molecule is Cc1ccc(CN=C(NCC(=O)N(C)C)NC(C)c2ccccc2)c(OC2CCOC2)c1. The van der Waals surface area contributed by atoms with E-state index in [4.69, 9.17) is 14.5 Å². The minimum atomic E-state index is -0.0209. The predicted molar refractivity (Wildman–Crippen MR) is 127 cm³/mol. The maximum Gasteiger partial charge on any atom is 0.241 e. The van der Waals surface area contributed by atoms with E-state index in [0.29, 0.717) is 19.1 Å². The zero-order chi connectivity index (χ0) is 22.9. The molecule has 1 aliphatic rings. The number of ether oxygens (including phenoxy) is 2. The number of carbonyl (C=O) groups is 1. The second-order valence-electron chi connectivity index (χ2n) is 8.30. The van der Waals surface area contributed by atoms with Gasteiger partial charge in [0.15, 0.2) is 5.96 Å². The highest BCUT2D eigenvalue weighted by atomic mass is 16.5. The Morgan fingerprint density at radius 3 is 2.72 bits per heavy atom. The third-order valence-corrected chi connectivity index (χ3v) is 5.37. The molecule has 1 aliphatic heterocycles. The number of nitrogens with zero attached hydrogens (tertiary/aromatic N) is 2. The zero-order valence-electron chi connectivity index (χ0n) is 19.4. The van der Waals surface area contributed by atoms with Crippen LogP contribution in [-0.2, 0) is 16.1 Å². The standard InChI is InChI=1S/C25H34N4O3/c1-18-10-11-21(23(14-18)32-22-12-13-31-17-22)15-26-25(27-16-24(30)29(3)4)28-19(2)20-8-6-5-7-9-20/h5-11,14,19,22H,12-13,15-17H2,1-4H3,(H2,26,27,28). The number of aliphatic imine (C=N–C) groups is 1. The van der Waals surface area contributed by atoms with Gasteiger partial charge in [0.2, 0.25) is 5.91 Å². The number of benzene rings is 2. The molecular weight excluding hydrogens is 404 g/mol. The number of amides is 1. The van der Waals surface area contributed by atoms with Gasteiger partial charge in [-0.15, -0.1) is 0 Å². The van der Waals surface area contributed by atoms with Crippen LogP contribution in [0.2, 0.25) is 0 Å². The number of hydrogen-bond donors (Lipinski definition) is 2. The van der Waals surface area contributed by atoms with Crippen LogP contribution in [0.25, 0.3) is 0 Å². The van der Waals surface area contributed by atoms with Crippen molar-refractivity contribution >= 4 is 11.9 Å². The second kappa shape index (κ2) is 11.5. The van der Waals surface area contributed by atoms with E-state index in [0.717, 1.165) is 35.5 Å². The lowest BCUT2D eigenvalue weighted by atomic mass is 10.1. The van der Waals surface area contributed by atoms with Crippen LogP contribution in [-0.4, -0.2) is 56.7 Å². The number of carbonyl (C=O) groups excluding carboxylic acids is 1. The molecule has 0 aromatic heterocycles. The van der Waals surface area contributed by atoms with E-state index < -0.39 is 0 Å². The van der Waals surface area contributed by atoms with Crippen molar-refractivity contribution in [2.24, 2.45) is 4.99 Å². The van der Waals surface area contributed by atoms with Crippen molar-refractivity contribution in [2.75, 3.05) is 33.9 Å². The number of hydrogen-bond acceptors (Lipinski definition) is 4. The van der Waals surface area contributed by atoms with Crippen molar-refractivity contribution in [2.45, 2.75) is 39.0 Å². The Labute approximate surface area is 190 Å². The molecule has 1 amide bonds. The van der Waals surface area contributed by atoms with Gasteiger partial charge in [-0.1, -0.05) is 42.5 Å². The summed E-state index contributed by atoms with van der Waals surface area (Å²) in [7, 11) is 3.48. The number of rotatable bonds is 8. The second-order valence-corrected chi connectivity index (χ2v) is 8.30. The van der Waals surface area contributed by atoms with Gasteiger partial charge in [-0.05, 0) is 31.0 Å². The Kier molecular flexibility index (Phi) is 8.50. The molecule has 2 unspecified atom stereocenters. The van der Waals surface area contributed by atoms with Gasteiger partial charge < -0.3 is 25.0 Å². The van der Waals surface area contributed by atoms with Crippen LogP contribution in [0.1, 0.15) is 36.1 Å². The maximum atomic E-state index is 12.1. The molecule has 7 heteroatoms. The van der Waals surface area contributed by atoms with Crippen molar-refractivity contribution in [3.63, 3.8) is 0 Å². The molecule has 0 spiro atoms. The van der Waals surface area contributed by atoms with E-state index in [1.54, 1.807) is 19.0 Å². The predicted octanol–water partition coefficient (Wildman–Crippen LogP) is 3.05. The molecule has 1 saturated heterocycles. The van der Waals surface area contributed by atoms with Gasteiger partial charge in [0.1, 0.15) is 11.9 Å². The third kappa shape index (κ3) is 6.99. The molecule has 0 aliphatic carbocycles. The van der Waals surface area contributed by atoms with Crippen LogP contribution in [0.3, 0.4) is 0 Å². The summed E-state index contributed by atoms with van der Waals surface area (Å²) in [5.41, 5.74) is 3.27. The molecule has 0 saturated carbocycles. The quantitative estimate of drug-likeness (QED) is 0.490. The number of likely N-dealkylation sites (N-methyl/N-ethyl adjacent to an activating group) is 1. The molecule has 7 nitrogen and oxygen atoms in total. The first kappa shape index (κ1) is 23.6. The molecular formula is C25H34N4O3. The molecule has 1 fully saturated rings. The highest BCUT2D eigenvalue weighted by Gasteiger charge is 2.19. The summed E-state index contributed by atoms with van der Waals surface area (Å²) in [6.45, 7) is 6.06. The lowest BCUT2D eigenvalue weighted by Crippen LogP contribution is -2.43. The van der Waals surface area contributed by atoms with Crippen LogP contribution in [0.15, 0.2) is 53.5 Å². The van der Waals surface area contributed by atoms with Crippen LogP contribution in [0.4, 0.5) is 0 Å². The summed E-state index contributed by atoms with van der Waals surface area (Å²) in [4.78, 5) is 18.4. The van der Waals surface area contributed by atoms with E-state index >= 15 is 0 Å². The van der Waals surface area contributed by atoms with E-state index in [-0.39, 0.29) is 24.6 Å². The Morgan fingerprint density at radius 2 is 2.03 bits per heavy atom. The topological polar surface area (TPSA) is 75.2 Å². The van der Waals surface area contributed by atoms with Gasteiger partial charge in [-0.3, -0.25) is 4.79 Å². The summed E-state index contributed by atoms with van der Waals surface area (Å²) in [6, 6.07) is 16.3. The van der Waals surface area contributed by atoms with E-state index in [1.807, 2.05) is 37.3 Å². The van der Waals surface area contributed by atoms with Gasteiger partial charge in [0.25, 0.3) is 0 Å². The highest BCUT2D eigenvalue weighted by Crippen LogP contribution is 2.24. The molecule has 0 radical (unpaired) electrons. The minimum absolute atomic E-state index is 0.0209. The minimum Gasteiger partial charge on any atom is -0.488 e. The summed E-state index contributed by atoms with van der Waals surface area (Å²) in [5, 5.41) is 6.57. The van der Waals surface area contributed by atoms with Gasteiger partial charge >= 0.3 is 0 Å². The van der Waals surface area contributed by atoms with Crippen molar-refractivity contribution in [1.29, 1.82) is 0 Å². The molecule has 2 aromatic rings. The Hall–Kier alpha value is -3.06. The third-order valence-electron chi connectivity index (χ3n) is 5.37.